The fourth-order valence-corrected chi connectivity index (χ4v) is 2.29. The molecule has 92 valence electrons. The van der Waals surface area contributed by atoms with Crippen LogP contribution in [0, 0.1) is 0 Å². The van der Waals surface area contributed by atoms with Gasteiger partial charge in [-0.15, -0.1) is 11.8 Å². The van der Waals surface area contributed by atoms with Gasteiger partial charge in [-0.3, -0.25) is 0 Å². The predicted octanol–water partition coefficient (Wildman–Crippen LogP) is 3.39. The highest BCUT2D eigenvalue weighted by atomic mass is 32.2. The number of rotatable bonds is 2. The first-order chi connectivity index (χ1) is 8.29. The van der Waals surface area contributed by atoms with Crippen LogP contribution in [0.25, 0.3) is 0 Å². The van der Waals surface area contributed by atoms with E-state index >= 15 is 0 Å². The van der Waals surface area contributed by atoms with Crippen LogP contribution in [0.1, 0.15) is 19.3 Å². The number of amides is 1. The summed E-state index contributed by atoms with van der Waals surface area (Å²) in [6.07, 6.45) is 5.18. The lowest BCUT2D eigenvalue weighted by molar-refractivity contribution is 0.142. The van der Waals surface area contributed by atoms with Crippen molar-refractivity contribution in [2.45, 2.75) is 24.2 Å². The highest BCUT2D eigenvalue weighted by Crippen LogP contribution is 2.20. The molecule has 1 aromatic rings. The molecule has 0 radical (unpaired) electrons. The Morgan fingerprint density at radius 2 is 1.82 bits per heavy atom. The molecular weight excluding hydrogens is 234 g/mol. The number of carbonyl (C=O) groups is 1. The second kappa shape index (κ2) is 5.96. The molecule has 3 nitrogen and oxygen atoms in total. The number of benzene rings is 1. The lowest BCUT2D eigenvalue weighted by Crippen LogP contribution is -2.37. The summed E-state index contributed by atoms with van der Waals surface area (Å²) in [5, 5.41) is 0. The Kier molecular flexibility index (Phi) is 4.31. The molecule has 0 saturated carbocycles. The molecule has 0 unspecified atom stereocenters. The van der Waals surface area contributed by atoms with Crippen LogP contribution in [-0.4, -0.2) is 30.3 Å². The van der Waals surface area contributed by atoms with Crippen molar-refractivity contribution in [2.24, 2.45) is 0 Å². The third-order valence-electron chi connectivity index (χ3n) is 2.88. The molecule has 4 heteroatoms. The largest absolute Gasteiger partial charge is 0.415 e. The smallest absolute Gasteiger partial charge is 0.410 e. The number of piperidine rings is 1. The van der Waals surface area contributed by atoms with E-state index in [2.05, 4.69) is 0 Å². The molecule has 1 amide bonds. The van der Waals surface area contributed by atoms with Crippen LogP contribution >= 0.6 is 11.8 Å². The van der Waals surface area contributed by atoms with E-state index in [0.717, 1.165) is 25.9 Å². The Balaban J connectivity index is 1.92. The minimum atomic E-state index is -0.221. The van der Waals surface area contributed by atoms with Crippen molar-refractivity contribution in [3.63, 3.8) is 0 Å². The van der Waals surface area contributed by atoms with Crippen molar-refractivity contribution in [1.82, 2.24) is 4.90 Å². The maximum absolute atomic E-state index is 11.8. The molecular formula is C13H17NO2S. The SMILES string of the molecule is CSc1ccc(OC(=O)N2CCCCC2)cc1. The summed E-state index contributed by atoms with van der Waals surface area (Å²) >= 11 is 1.67. The third kappa shape index (κ3) is 3.40. The molecule has 1 aromatic carbocycles. The number of likely N-dealkylation sites (tertiary alicyclic amines) is 1. The molecule has 17 heavy (non-hydrogen) atoms. The normalized spacial score (nSPS) is 15.7. The average Bonchev–Trinajstić information content (AvgIpc) is 2.40. The van der Waals surface area contributed by atoms with Gasteiger partial charge in [-0.2, -0.15) is 0 Å². The average molecular weight is 251 g/mol. The third-order valence-corrected chi connectivity index (χ3v) is 3.62. The van der Waals surface area contributed by atoms with Gasteiger partial charge in [-0.1, -0.05) is 0 Å². The van der Waals surface area contributed by atoms with Gasteiger partial charge < -0.3 is 9.64 Å². The van der Waals surface area contributed by atoms with Crippen molar-refractivity contribution in [3.05, 3.63) is 24.3 Å². The van der Waals surface area contributed by atoms with Crippen LogP contribution in [0.5, 0.6) is 5.75 Å². The molecule has 1 saturated heterocycles. The van der Waals surface area contributed by atoms with Crippen LogP contribution in [0.2, 0.25) is 0 Å². The summed E-state index contributed by atoms with van der Waals surface area (Å²) < 4.78 is 5.33. The minimum absolute atomic E-state index is 0.221. The van der Waals surface area contributed by atoms with Gasteiger partial charge in [-0.25, -0.2) is 4.79 Å². The highest BCUT2D eigenvalue weighted by molar-refractivity contribution is 7.98. The summed E-state index contributed by atoms with van der Waals surface area (Å²) in [7, 11) is 0. The molecule has 1 aliphatic rings. The number of carbonyl (C=O) groups excluding carboxylic acids is 1. The van der Waals surface area contributed by atoms with E-state index < -0.39 is 0 Å². The molecule has 0 aliphatic carbocycles. The Bertz CT molecular complexity index is 372. The number of thioether (sulfide) groups is 1. The summed E-state index contributed by atoms with van der Waals surface area (Å²) in [6.45, 7) is 1.64. The topological polar surface area (TPSA) is 29.5 Å². The summed E-state index contributed by atoms with van der Waals surface area (Å²) in [6, 6.07) is 7.61. The van der Waals surface area contributed by atoms with Crippen molar-refractivity contribution >= 4 is 17.9 Å². The monoisotopic (exact) mass is 251 g/mol. The van der Waals surface area contributed by atoms with Gasteiger partial charge >= 0.3 is 6.09 Å². The summed E-state index contributed by atoms with van der Waals surface area (Å²) in [5.74, 6) is 0.623. The fraction of sp³-hybridized carbons (Fsp3) is 0.462. The zero-order valence-corrected chi connectivity index (χ0v) is 10.8. The van der Waals surface area contributed by atoms with Gasteiger partial charge in [0, 0.05) is 18.0 Å². The van der Waals surface area contributed by atoms with E-state index in [4.69, 9.17) is 4.74 Å². The molecule has 1 heterocycles. The Labute approximate surface area is 106 Å². The Morgan fingerprint density at radius 1 is 1.18 bits per heavy atom. The first-order valence-corrected chi connectivity index (χ1v) is 7.13. The predicted molar refractivity (Wildman–Crippen MR) is 69.7 cm³/mol. The maximum Gasteiger partial charge on any atom is 0.415 e. The van der Waals surface area contributed by atoms with Crippen molar-refractivity contribution in [2.75, 3.05) is 19.3 Å². The number of hydrogen-bond acceptors (Lipinski definition) is 3. The van der Waals surface area contributed by atoms with Crippen LogP contribution in [0.15, 0.2) is 29.2 Å². The first kappa shape index (κ1) is 12.3. The van der Waals surface area contributed by atoms with E-state index in [1.165, 1.54) is 11.3 Å². The van der Waals surface area contributed by atoms with Crippen LogP contribution < -0.4 is 4.74 Å². The quantitative estimate of drug-likeness (QED) is 0.755. The van der Waals surface area contributed by atoms with E-state index in [9.17, 15) is 4.79 Å². The number of nitrogens with zero attached hydrogens (tertiary/aromatic N) is 1. The van der Waals surface area contributed by atoms with Crippen LogP contribution in [0.3, 0.4) is 0 Å². The van der Waals surface area contributed by atoms with E-state index in [0.29, 0.717) is 5.75 Å². The second-order valence-electron chi connectivity index (χ2n) is 4.09. The van der Waals surface area contributed by atoms with Crippen molar-refractivity contribution < 1.29 is 9.53 Å². The fourth-order valence-electron chi connectivity index (χ4n) is 1.89. The first-order valence-electron chi connectivity index (χ1n) is 5.90. The standard InChI is InChI=1S/C13H17NO2S/c1-17-12-7-5-11(6-8-12)16-13(15)14-9-3-2-4-10-14/h5-8H,2-4,9-10H2,1H3. The zero-order chi connectivity index (χ0) is 12.1. The summed E-state index contributed by atoms with van der Waals surface area (Å²) in [5.41, 5.74) is 0. The molecule has 1 aliphatic heterocycles. The van der Waals surface area contributed by atoms with Gasteiger partial charge in [0.05, 0.1) is 0 Å². The highest BCUT2D eigenvalue weighted by Gasteiger charge is 2.18. The molecule has 1 fully saturated rings. The number of ether oxygens (including phenoxy) is 1. The van der Waals surface area contributed by atoms with Crippen LogP contribution in [-0.2, 0) is 0 Å². The van der Waals surface area contributed by atoms with Gasteiger partial charge in [0.1, 0.15) is 5.75 Å². The van der Waals surface area contributed by atoms with Gasteiger partial charge in [-0.05, 0) is 49.8 Å². The molecule has 0 aromatic heterocycles. The minimum Gasteiger partial charge on any atom is -0.410 e. The molecule has 0 bridgehead atoms. The summed E-state index contributed by atoms with van der Waals surface area (Å²) in [4.78, 5) is 14.8. The van der Waals surface area contributed by atoms with Gasteiger partial charge in [0.15, 0.2) is 0 Å². The lowest BCUT2D eigenvalue weighted by atomic mass is 10.1. The van der Waals surface area contributed by atoms with E-state index in [-0.39, 0.29) is 6.09 Å². The van der Waals surface area contributed by atoms with E-state index in [1.807, 2.05) is 30.5 Å². The molecule has 2 rings (SSSR count). The number of hydrogen-bond donors (Lipinski definition) is 0. The molecule has 0 atom stereocenters. The van der Waals surface area contributed by atoms with Gasteiger partial charge in [0.25, 0.3) is 0 Å². The van der Waals surface area contributed by atoms with Crippen LogP contribution in [0.4, 0.5) is 4.79 Å². The zero-order valence-electron chi connectivity index (χ0n) is 10.0. The second-order valence-corrected chi connectivity index (χ2v) is 4.97. The van der Waals surface area contributed by atoms with Crippen molar-refractivity contribution in [3.8, 4) is 5.75 Å². The Hall–Kier alpha value is -1.16. The van der Waals surface area contributed by atoms with Crippen molar-refractivity contribution in [1.29, 1.82) is 0 Å². The molecule has 0 spiro atoms. The van der Waals surface area contributed by atoms with Gasteiger partial charge in [0.2, 0.25) is 0 Å². The molecule has 0 N–H and O–H groups in total. The lowest BCUT2D eigenvalue weighted by Gasteiger charge is -2.25. The van der Waals surface area contributed by atoms with E-state index in [1.54, 1.807) is 16.7 Å². The Morgan fingerprint density at radius 3 is 2.41 bits per heavy atom. The maximum atomic E-state index is 11.8.